The van der Waals surface area contributed by atoms with Crippen LogP contribution in [0.25, 0.3) is 0 Å². The van der Waals surface area contributed by atoms with Gasteiger partial charge in [-0.05, 0) is 24.6 Å². The van der Waals surface area contributed by atoms with Crippen LogP contribution >= 0.6 is 34.8 Å². The van der Waals surface area contributed by atoms with Gasteiger partial charge >= 0.3 is 0 Å². The van der Waals surface area contributed by atoms with E-state index in [4.69, 9.17) is 39.5 Å². The predicted octanol–water partition coefficient (Wildman–Crippen LogP) is 5.07. The predicted molar refractivity (Wildman–Crippen MR) is 83.1 cm³/mol. The molecule has 1 N–H and O–H groups in total. The summed E-state index contributed by atoms with van der Waals surface area (Å²) in [5, 5.41) is 11.1. The van der Waals surface area contributed by atoms with Crippen LogP contribution in [0, 0.1) is 6.92 Å². The lowest BCUT2D eigenvalue weighted by Crippen LogP contribution is -2.10. The quantitative estimate of drug-likeness (QED) is 0.847. The minimum absolute atomic E-state index is 0.0597. The highest BCUT2D eigenvalue weighted by Gasteiger charge is 2.13. The van der Waals surface area contributed by atoms with E-state index in [9.17, 15) is 5.11 Å². The van der Waals surface area contributed by atoms with E-state index in [-0.39, 0.29) is 6.61 Å². The van der Waals surface area contributed by atoms with Crippen LogP contribution in [0.1, 0.15) is 17.2 Å². The van der Waals surface area contributed by atoms with Gasteiger partial charge in [-0.3, -0.25) is 0 Å². The molecule has 1 unspecified atom stereocenters. The van der Waals surface area contributed by atoms with Gasteiger partial charge in [0.15, 0.2) is 5.75 Å². The van der Waals surface area contributed by atoms with E-state index < -0.39 is 6.10 Å². The van der Waals surface area contributed by atoms with E-state index in [1.54, 1.807) is 12.1 Å². The van der Waals surface area contributed by atoms with Gasteiger partial charge in [-0.25, -0.2) is 0 Å². The molecule has 2 rings (SSSR count). The molecule has 0 saturated carbocycles. The molecule has 0 heterocycles. The Hall–Kier alpha value is -0.930. The van der Waals surface area contributed by atoms with Gasteiger partial charge in [-0.1, -0.05) is 64.6 Å². The molecule has 2 aromatic rings. The van der Waals surface area contributed by atoms with E-state index in [0.717, 1.165) is 11.1 Å². The molecular weight excluding hydrogens is 319 g/mol. The van der Waals surface area contributed by atoms with Crippen LogP contribution in [-0.2, 0) is 0 Å². The van der Waals surface area contributed by atoms with Crippen molar-refractivity contribution in [2.75, 3.05) is 6.61 Å². The third kappa shape index (κ3) is 3.80. The maximum absolute atomic E-state index is 10.1. The monoisotopic (exact) mass is 330 g/mol. The minimum atomic E-state index is -0.751. The Morgan fingerprint density at radius 2 is 1.60 bits per heavy atom. The highest BCUT2D eigenvalue weighted by Crippen LogP contribution is 2.36. The van der Waals surface area contributed by atoms with Crippen molar-refractivity contribution in [1.82, 2.24) is 0 Å². The number of aliphatic hydroxyl groups excluding tert-OH is 1. The average Bonchev–Trinajstić information content (AvgIpc) is 2.38. The van der Waals surface area contributed by atoms with Crippen molar-refractivity contribution in [3.63, 3.8) is 0 Å². The Bertz CT molecular complexity index is 574. The SMILES string of the molecule is Cc1ccc(C(O)COc2c(Cl)cc(Cl)cc2Cl)cc1. The molecule has 0 bridgehead atoms. The Morgan fingerprint density at radius 1 is 1.05 bits per heavy atom. The summed E-state index contributed by atoms with van der Waals surface area (Å²) in [5.74, 6) is 0.323. The van der Waals surface area contributed by atoms with Crippen molar-refractivity contribution < 1.29 is 9.84 Å². The van der Waals surface area contributed by atoms with Gasteiger partial charge in [0.2, 0.25) is 0 Å². The topological polar surface area (TPSA) is 29.5 Å². The van der Waals surface area contributed by atoms with Gasteiger partial charge in [0.25, 0.3) is 0 Å². The summed E-state index contributed by atoms with van der Waals surface area (Å²) in [6.07, 6.45) is -0.751. The van der Waals surface area contributed by atoms with Gasteiger partial charge < -0.3 is 9.84 Å². The first-order valence-electron chi connectivity index (χ1n) is 5.99. The summed E-state index contributed by atoms with van der Waals surface area (Å²) in [6, 6.07) is 10.7. The second kappa shape index (κ2) is 6.68. The lowest BCUT2D eigenvalue weighted by Gasteiger charge is -2.15. The first-order valence-corrected chi connectivity index (χ1v) is 7.12. The van der Waals surface area contributed by atoms with Gasteiger partial charge in [0.1, 0.15) is 12.7 Å². The van der Waals surface area contributed by atoms with Crippen LogP contribution in [0.15, 0.2) is 36.4 Å². The lowest BCUT2D eigenvalue weighted by molar-refractivity contribution is 0.108. The van der Waals surface area contributed by atoms with Gasteiger partial charge in [-0.15, -0.1) is 0 Å². The third-order valence-electron chi connectivity index (χ3n) is 2.81. The van der Waals surface area contributed by atoms with Crippen LogP contribution < -0.4 is 4.74 Å². The Kier molecular flexibility index (Phi) is 5.17. The largest absolute Gasteiger partial charge is 0.487 e. The molecule has 0 spiro atoms. The van der Waals surface area contributed by atoms with Gasteiger partial charge in [-0.2, -0.15) is 0 Å². The second-order valence-electron chi connectivity index (χ2n) is 4.44. The minimum Gasteiger partial charge on any atom is -0.487 e. The number of aryl methyl sites for hydroxylation is 1. The summed E-state index contributed by atoms with van der Waals surface area (Å²) in [5.41, 5.74) is 1.91. The zero-order chi connectivity index (χ0) is 14.7. The zero-order valence-electron chi connectivity index (χ0n) is 10.7. The highest BCUT2D eigenvalue weighted by molar-refractivity contribution is 6.40. The summed E-state index contributed by atoms with van der Waals surface area (Å²) in [7, 11) is 0. The molecule has 0 radical (unpaired) electrons. The fourth-order valence-corrected chi connectivity index (χ4v) is 2.64. The van der Waals surface area contributed by atoms with Crippen LogP contribution in [0.3, 0.4) is 0 Å². The van der Waals surface area contributed by atoms with Gasteiger partial charge in [0, 0.05) is 5.02 Å². The molecule has 0 fully saturated rings. The fraction of sp³-hybridized carbons (Fsp3) is 0.200. The van der Waals surface area contributed by atoms with E-state index in [1.807, 2.05) is 31.2 Å². The Labute approximate surface area is 132 Å². The number of aliphatic hydroxyl groups is 1. The Balaban J connectivity index is 2.07. The van der Waals surface area contributed by atoms with E-state index in [1.165, 1.54) is 0 Å². The van der Waals surface area contributed by atoms with Crippen molar-refractivity contribution in [2.24, 2.45) is 0 Å². The summed E-state index contributed by atoms with van der Waals surface area (Å²) in [6.45, 7) is 2.05. The highest BCUT2D eigenvalue weighted by atomic mass is 35.5. The maximum Gasteiger partial charge on any atom is 0.156 e. The first-order chi connectivity index (χ1) is 9.47. The molecule has 0 aliphatic rings. The van der Waals surface area contributed by atoms with Crippen LogP contribution in [0.2, 0.25) is 15.1 Å². The molecule has 2 nitrogen and oxygen atoms in total. The lowest BCUT2D eigenvalue weighted by atomic mass is 10.1. The number of rotatable bonds is 4. The van der Waals surface area contributed by atoms with Crippen LogP contribution in [0.5, 0.6) is 5.75 Å². The van der Waals surface area contributed by atoms with Crippen molar-refractivity contribution in [2.45, 2.75) is 13.0 Å². The fourth-order valence-electron chi connectivity index (χ4n) is 1.71. The van der Waals surface area contributed by atoms with E-state index in [0.29, 0.717) is 20.8 Å². The van der Waals surface area contributed by atoms with Crippen molar-refractivity contribution in [3.8, 4) is 5.75 Å². The molecule has 20 heavy (non-hydrogen) atoms. The maximum atomic E-state index is 10.1. The smallest absolute Gasteiger partial charge is 0.156 e. The molecule has 2 aromatic carbocycles. The zero-order valence-corrected chi connectivity index (χ0v) is 13.0. The Morgan fingerprint density at radius 3 is 2.15 bits per heavy atom. The molecule has 0 aliphatic heterocycles. The molecule has 0 aliphatic carbocycles. The van der Waals surface area contributed by atoms with Crippen molar-refractivity contribution >= 4 is 34.8 Å². The van der Waals surface area contributed by atoms with E-state index >= 15 is 0 Å². The molecule has 106 valence electrons. The molecular formula is C15H13Cl3O2. The number of benzene rings is 2. The van der Waals surface area contributed by atoms with Gasteiger partial charge in [0.05, 0.1) is 10.0 Å². The van der Waals surface area contributed by atoms with Crippen molar-refractivity contribution in [1.29, 1.82) is 0 Å². The molecule has 1 atom stereocenters. The number of hydrogen-bond donors (Lipinski definition) is 1. The second-order valence-corrected chi connectivity index (χ2v) is 5.69. The van der Waals surface area contributed by atoms with Crippen molar-refractivity contribution in [3.05, 3.63) is 62.6 Å². The number of hydrogen-bond acceptors (Lipinski definition) is 2. The summed E-state index contributed by atoms with van der Waals surface area (Å²) >= 11 is 17.8. The molecule has 0 aromatic heterocycles. The normalized spacial score (nSPS) is 12.2. The van der Waals surface area contributed by atoms with E-state index in [2.05, 4.69) is 0 Å². The van der Waals surface area contributed by atoms with Crippen LogP contribution in [0.4, 0.5) is 0 Å². The third-order valence-corrected chi connectivity index (χ3v) is 3.59. The van der Waals surface area contributed by atoms with Crippen LogP contribution in [-0.4, -0.2) is 11.7 Å². The summed E-state index contributed by atoms with van der Waals surface area (Å²) < 4.78 is 5.50. The molecule has 5 heteroatoms. The first kappa shape index (κ1) is 15.5. The molecule has 0 saturated heterocycles. The summed E-state index contributed by atoms with van der Waals surface area (Å²) in [4.78, 5) is 0. The number of halogens is 3. The molecule has 0 amide bonds. The standard InChI is InChI=1S/C15H13Cl3O2/c1-9-2-4-10(5-3-9)14(19)8-20-15-12(17)6-11(16)7-13(15)18/h2-7,14,19H,8H2,1H3. The number of ether oxygens (including phenoxy) is 1. The average molecular weight is 332 g/mol.